The zero-order valence-corrected chi connectivity index (χ0v) is 14.0. The number of carboxylic acids is 1. The van der Waals surface area contributed by atoms with Crippen molar-refractivity contribution in [3.63, 3.8) is 0 Å². The van der Waals surface area contributed by atoms with E-state index in [-0.39, 0.29) is 12.2 Å². The van der Waals surface area contributed by atoms with Gasteiger partial charge in [-0.25, -0.2) is 4.79 Å². The molecule has 3 aromatic heterocycles. The molecule has 0 aliphatic carbocycles. The maximum Gasteiger partial charge on any atom is 0.416 e. The van der Waals surface area contributed by atoms with Gasteiger partial charge in [-0.1, -0.05) is 12.1 Å². The lowest BCUT2D eigenvalue weighted by Gasteiger charge is -2.12. The molecule has 9 heteroatoms. The van der Waals surface area contributed by atoms with Crippen LogP contribution in [0.2, 0.25) is 0 Å². The van der Waals surface area contributed by atoms with Gasteiger partial charge in [0, 0.05) is 6.54 Å². The first kappa shape index (κ1) is 17.1. The van der Waals surface area contributed by atoms with Crippen molar-refractivity contribution >= 4 is 22.6 Å². The van der Waals surface area contributed by atoms with Crippen LogP contribution in [0.15, 0.2) is 42.5 Å². The fourth-order valence-electron chi connectivity index (χ4n) is 3.22. The number of rotatable bonds is 3. The topological polar surface area (TPSA) is 72.4 Å². The Morgan fingerprint density at radius 3 is 2.59 bits per heavy atom. The molecule has 0 saturated heterocycles. The maximum atomic E-state index is 13.0. The summed E-state index contributed by atoms with van der Waals surface area (Å²) in [6, 6.07) is 9.73. The minimum atomic E-state index is -4.46. The lowest BCUT2D eigenvalue weighted by Crippen LogP contribution is -2.11. The first-order chi connectivity index (χ1) is 12.8. The predicted molar refractivity (Wildman–Crippen MR) is 90.7 cm³/mol. The van der Waals surface area contributed by atoms with Gasteiger partial charge in [-0.2, -0.15) is 13.2 Å². The summed E-state index contributed by atoms with van der Waals surface area (Å²) in [7, 11) is 0. The highest BCUT2D eigenvalue weighted by Gasteiger charge is 2.30. The van der Waals surface area contributed by atoms with E-state index in [9.17, 15) is 23.1 Å². The van der Waals surface area contributed by atoms with Crippen LogP contribution in [-0.2, 0) is 12.7 Å². The summed E-state index contributed by atoms with van der Waals surface area (Å²) < 4.78 is 42.1. The number of alkyl halides is 3. The number of fused-ring (bicyclic) bond motifs is 3. The molecule has 3 heterocycles. The predicted octanol–water partition coefficient (Wildman–Crippen LogP) is 3.76. The third-order valence-corrected chi connectivity index (χ3v) is 4.41. The summed E-state index contributed by atoms with van der Waals surface area (Å²) >= 11 is 0. The molecule has 4 aromatic rings. The maximum absolute atomic E-state index is 13.0. The van der Waals surface area contributed by atoms with Gasteiger partial charge in [0.1, 0.15) is 11.5 Å². The molecule has 0 spiro atoms. The lowest BCUT2D eigenvalue weighted by atomic mass is 10.1. The number of pyridine rings is 1. The molecular formula is C18H13F3N4O2. The number of halogens is 3. The molecule has 1 N–H and O–H groups in total. The smallest absolute Gasteiger partial charge is 0.416 e. The molecule has 0 unspecified atom stereocenters. The molecule has 0 aliphatic rings. The summed E-state index contributed by atoms with van der Waals surface area (Å²) in [5.74, 6) is -0.583. The van der Waals surface area contributed by atoms with Gasteiger partial charge in [-0.3, -0.25) is 4.40 Å². The van der Waals surface area contributed by atoms with Gasteiger partial charge in [0.15, 0.2) is 5.65 Å². The molecule has 0 amide bonds. The standard InChI is InChI=1S/C18H13F3N4O2/c1-10-22-23-16-6-5-13-14(25(10)16)8-15(17(26)27)24(13)9-11-3-2-4-12(7-11)18(19,20)21/h2-8H,9H2,1H3,(H,26,27). The Labute approximate surface area is 150 Å². The fourth-order valence-corrected chi connectivity index (χ4v) is 3.22. The second-order valence-electron chi connectivity index (χ2n) is 6.16. The minimum Gasteiger partial charge on any atom is -0.477 e. The van der Waals surface area contributed by atoms with E-state index in [4.69, 9.17) is 0 Å². The van der Waals surface area contributed by atoms with Crippen LogP contribution in [0.4, 0.5) is 13.2 Å². The highest BCUT2D eigenvalue weighted by Crippen LogP contribution is 2.30. The Kier molecular flexibility index (Phi) is 3.69. The number of aromatic nitrogens is 4. The molecule has 4 rings (SSSR count). The quantitative estimate of drug-likeness (QED) is 0.593. The molecule has 0 radical (unpaired) electrons. The van der Waals surface area contributed by atoms with Gasteiger partial charge in [-0.05, 0) is 42.8 Å². The highest BCUT2D eigenvalue weighted by atomic mass is 19.4. The van der Waals surface area contributed by atoms with Crippen LogP contribution >= 0.6 is 0 Å². The number of nitrogens with zero attached hydrogens (tertiary/aromatic N) is 4. The van der Waals surface area contributed by atoms with Crippen LogP contribution in [0.5, 0.6) is 0 Å². The van der Waals surface area contributed by atoms with Crippen molar-refractivity contribution in [2.75, 3.05) is 0 Å². The summed E-state index contributed by atoms with van der Waals surface area (Å²) in [5.41, 5.74) is 1.27. The Bertz CT molecular complexity index is 1190. The van der Waals surface area contributed by atoms with Gasteiger partial charge in [-0.15, -0.1) is 10.2 Å². The SMILES string of the molecule is Cc1nnc2ccc3c(cc(C(=O)O)n3Cc3cccc(C(F)(F)F)c3)n12. The molecule has 0 saturated carbocycles. The van der Waals surface area contributed by atoms with Crippen molar-refractivity contribution < 1.29 is 23.1 Å². The Morgan fingerprint density at radius 2 is 1.89 bits per heavy atom. The van der Waals surface area contributed by atoms with Gasteiger partial charge in [0.25, 0.3) is 0 Å². The average Bonchev–Trinajstić information content (AvgIpc) is 3.16. The van der Waals surface area contributed by atoms with Crippen molar-refractivity contribution in [1.29, 1.82) is 0 Å². The minimum absolute atomic E-state index is 0.0122. The molecule has 0 bridgehead atoms. The monoisotopic (exact) mass is 374 g/mol. The molecule has 138 valence electrons. The number of aryl methyl sites for hydroxylation is 1. The molecule has 0 fully saturated rings. The number of carbonyl (C=O) groups is 1. The number of benzene rings is 1. The van der Waals surface area contributed by atoms with Crippen LogP contribution < -0.4 is 0 Å². The molecule has 27 heavy (non-hydrogen) atoms. The Morgan fingerprint density at radius 1 is 1.11 bits per heavy atom. The number of aromatic carboxylic acids is 1. The molecule has 6 nitrogen and oxygen atoms in total. The first-order valence-electron chi connectivity index (χ1n) is 7.99. The van der Waals surface area contributed by atoms with E-state index >= 15 is 0 Å². The second-order valence-corrected chi connectivity index (χ2v) is 6.16. The largest absolute Gasteiger partial charge is 0.477 e. The Hall–Kier alpha value is -3.36. The van der Waals surface area contributed by atoms with E-state index < -0.39 is 17.7 Å². The summed E-state index contributed by atoms with van der Waals surface area (Å²) in [6.07, 6.45) is -4.46. The molecule has 1 aromatic carbocycles. The lowest BCUT2D eigenvalue weighted by molar-refractivity contribution is -0.137. The average molecular weight is 374 g/mol. The van der Waals surface area contributed by atoms with Crippen molar-refractivity contribution in [2.45, 2.75) is 19.6 Å². The normalized spacial score (nSPS) is 12.1. The van der Waals surface area contributed by atoms with Crippen molar-refractivity contribution in [3.05, 3.63) is 65.1 Å². The summed E-state index contributed by atoms with van der Waals surface area (Å²) in [4.78, 5) is 11.7. The number of hydrogen-bond donors (Lipinski definition) is 1. The van der Waals surface area contributed by atoms with Gasteiger partial charge in [0.05, 0.1) is 16.6 Å². The first-order valence-corrected chi connectivity index (χ1v) is 7.99. The van der Waals surface area contributed by atoms with E-state index in [1.165, 1.54) is 22.8 Å². The van der Waals surface area contributed by atoms with E-state index in [0.29, 0.717) is 28.1 Å². The molecule has 0 aliphatic heterocycles. The van der Waals surface area contributed by atoms with Gasteiger partial charge < -0.3 is 9.67 Å². The zero-order chi connectivity index (χ0) is 19.3. The number of carboxylic acid groups (broad SMARTS) is 1. The molecular weight excluding hydrogens is 361 g/mol. The Balaban J connectivity index is 1.91. The van der Waals surface area contributed by atoms with Crippen LogP contribution in [0.3, 0.4) is 0 Å². The van der Waals surface area contributed by atoms with E-state index in [1.807, 2.05) is 0 Å². The third-order valence-electron chi connectivity index (χ3n) is 4.41. The van der Waals surface area contributed by atoms with Crippen LogP contribution in [0.25, 0.3) is 16.7 Å². The number of hydrogen-bond acceptors (Lipinski definition) is 3. The third kappa shape index (κ3) is 2.80. The van der Waals surface area contributed by atoms with Crippen molar-refractivity contribution in [2.24, 2.45) is 0 Å². The summed E-state index contributed by atoms with van der Waals surface area (Å²) in [6.45, 7) is 1.73. The van der Waals surface area contributed by atoms with Crippen LogP contribution in [-0.4, -0.2) is 30.2 Å². The highest BCUT2D eigenvalue weighted by molar-refractivity contribution is 5.94. The van der Waals surface area contributed by atoms with E-state index in [0.717, 1.165) is 12.1 Å². The van der Waals surface area contributed by atoms with E-state index in [1.54, 1.807) is 23.5 Å². The van der Waals surface area contributed by atoms with E-state index in [2.05, 4.69) is 10.2 Å². The van der Waals surface area contributed by atoms with Gasteiger partial charge >= 0.3 is 12.1 Å². The zero-order valence-electron chi connectivity index (χ0n) is 14.0. The van der Waals surface area contributed by atoms with Crippen LogP contribution in [0.1, 0.15) is 27.4 Å². The van der Waals surface area contributed by atoms with Gasteiger partial charge in [0.2, 0.25) is 0 Å². The van der Waals surface area contributed by atoms with Crippen LogP contribution in [0, 0.1) is 6.92 Å². The summed E-state index contributed by atoms with van der Waals surface area (Å²) in [5, 5.41) is 17.6. The molecule has 0 atom stereocenters. The second kappa shape index (κ2) is 5.83. The van der Waals surface area contributed by atoms with Crippen molar-refractivity contribution in [3.8, 4) is 0 Å². The fraction of sp³-hybridized carbons (Fsp3) is 0.167. The van der Waals surface area contributed by atoms with Crippen molar-refractivity contribution in [1.82, 2.24) is 19.2 Å².